The van der Waals surface area contributed by atoms with Gasteiger partial charge in [-0.2, -0.15) is 0 Å². The number of hydrogen-bond donors (Lipinski definition) is 2. The lowest BCUT2D eigenvalue weighted by Gasteiger charge is -2.38. The molecule has 2 aromatic carbocycles. The molecule has 0 spiro atoms. The molecule has 150 valence electrons. The van der Waals surface area contributed by atoms with E-state index in [1.807, 2.05) is 19.1 Å². The van der Waals surface area contributed by atoms with Crippen molar-refractivity contribution in [3.8, 4) is 17.2 Å². The maximum absolute atomic E-state index is 12.8. The standard InChI is InChI=1S/C21H27N3O4/c1-15(21(26)22-19-14-18(27-2)8-9-20(19)28-3)23-10-12-24(13-11-23)16-4-6-17(25)7-5-16/h4-9,14-15,25H,10-13H2,1-3H3,(H,22,26)/t15-/m1/s1. The van der Waals surface area contributed by atoms with Gasteiger partial charge in [0, 0.05) is 37.9 Å². The molecule has 7 nitrogen and oxygen atoms in total. The molecule has 7 heteroatoms. The van der Waals surface area contributed by atoms with Crippen LogP contribution in [0.3, 0.4) is 0 Å². The Labute approximate surface area is 165 Å². The number of benzene rings is 2. The average Bonchev–Trinajstić information content (AvgIpc) is 2.73. The molecule has 1 aliphatic rings. The zero-order valence-electron chi connectivity index (χ0n) is 16.5. The van der Waals surface area contributed by atoms with Crippen molar-refractivity contribution in [1.82, 2.24) is 4.90 Å². The highest BCUT2D eigenvalue weighted by Gasteiger charge is 2.26. The number of phenolic OH excluding ortho intramolecular Hbond substituents is 1. The SMILES string of the molecule is COc1ccc(OC)c(NC(=O)[C@@H](C)N2CCN(c3ccc(O)cc3)CC2)c1. The second-order valence-electron chi connectivity index (χ2n) is 6.77. The van der Waals surface area contributed by atoms with E-state index in [-0.39, 0.29) is 17.7 Å². The van der Waals surface area contributed by atoms with Gasteiger partial charge >= 0.3 is 0 Å². The van der Waals surface area contributed by atoms with E-state index in [4.69, 9.17) is 9.47 Å². The van der Waals surface area contributed by atoms with Gasteiger partial charge in [0.15, 0.2) is 0 Å². The number of carbonyl (C=O) groups is 1. The molecule has 0 saturated carbocycles. The molecule has 0 aliphatic carbocycles. The molecule has 28 heavy (non-hydrogen) atoms. The third-order valence-corrected chi connectivity index (χ3v) is 5.12. The summed E-state index contributed by atoms with van der Waals surface area (Å²) in [6.07, 6.45) is 0. The first-order chi connectivity index (χ1) is 13.5. The lowest BCUT2D eigenvalue weighted by molar-refractivity contribution is -0.120. The Morgan fingerprint density at radius 2 is 1.71 bits per heavy atom. The fourth-order valence-electron chi connectivity index (χ4n) is 3.35. The second kappa shape index (κ2) is 8.84. The van der Waals surface area contributed by atoms with Crippen LogP contribution >= 0.6 is 0 Å². The minimum Gasteiger partial charge on any atom is -0.508 e. The molecule has 0 unspecified atom stereocenters. The second-order valence-corrected chi connectivity index (χ2v) is 6.77. The first kappa shape index (κ1) is 19.8. The number of carbonyl (C=O) groups excluding carboxylic acids is 1. The number of methoxy groups -OCH3 is 2. The van der Waals surface area contributed by atoms with Crippen LogP contribution in [-0.4, -0.2) is 62.4 Å². The van der Waals surface area contributed by atoms with Crippen LogP contribution in [0.2, 0.25) is 0 Å². The topological polar surface area (TPSA) is 74.3 Å². The highest BCUT2D eigenvalue weighted by Crippen LogP contribution is 2.29. The summed E-state index contributed by atoms with van der Waals surface area (Å²) in [5.74, 6) is 1.44. The van der Waals surface area contributed by atoms with Crippen LogP contribution in [-0.2, 0) is 4.79 Å². The Balaban J connectivity index is 1.59. The first-order valence-electron chi connectivity index (χ1n) is 9.32. The number of amides is 1. The van der Waals surface area contributed by atoms with E-state index in [9.17, 15) is 9.90 Å². The van der Waals surface area contributed by atoms with E-state index in [2.05, 4.69) is 15.1 Å². The van der Waals surface area contributed by atoms with Gasteiger partial charge in [0.05, 0.1) is 25.9 Å². The monoisotopic (exact) mass is 385 g/mol. The maximum Gasteiger partial charge on any atom is 0.241 e. The molecule has 2 N–H and O–H groups in total. The third-order valence-electron chi connectivity index (χ3n) is 5.12. The lowest BCUT2D eigenvalue weighted by Crippen LogP contribution is -2.52. The van der Waals surface area contributed by atoms with Crippen molar-refractivity contribution in [1.29, 1.82) is 0 Å². The number of piperazine rings is 1. The van der Waals surface area contributed by atoms with Gasteiger partial charge in [-0.1, -0.05) is 0 Å². The smallest absolute Gasteiger partial charge is 0.241 e. The van der Waals surface area contributed by atoms with Gasteiger partial charge in [0.25, 0.3) is 0 Å². The Hall–Kier alpha value is -2.93. The number of anilines is 2. The van der Waals surface area contributed by atoms with Gasteiger partial charge in [-0.3, -0.25) is 9.69 Å². The van der Waals surface area contributed by atoms with Crippen LogP contribution in [0.1, 0.15) is 6.92 Å². The van der Waals surface area contributed by atoms with Gasteiger partial charge in [0.2, 0.25) is 5.91 Å². The van der Waals surface area contributed by atoms with Crippen LogP contribution in [0.5, 0.6) is 17.2 Å². The van der Waals surface area contributed by atoms with E-state index in [0.717, 1.165) is 31.9 Å². The summed E-state index contributed by atoms with van der Waals surface area (Å²) >= 11 is 0. The average molecular weight is 385 g/mol. The number of rotatable bonds is 6. The van der Waals surface area contributed by atoms with Crippen molar-refractivity contribution in [3.63, 3.8) is 0 Å². The van der Waals surface area contributed by atoms with Gasteiger partial charge in [0.1, 0.15) is 17.2 Å². The number of nitrogens with one attached hydrogen (secondary N) is 1. The highest BCUT2D eigenvalue weighted by atomic mass is 16.5. The van der Waals surface area contributed by atoms with Gasteiger partial charge in [-0.25, -0.2) is 0 Å². The Bertz CT molecular complexity index is 802. The van der Waals surface area contributed by atoms with E-state index < -0.39 is 0 Å². The minimum atomic E-state index is -0.266. The van der Waals surface area contributed by atoms with Crippen molar-refractivity contribution in [2.24, 2.45) is 0 Å². The minimum absolute atomic E-state index is 0.0790. The molecule has 0 radical (unpaired) electrons. The Morgan fingerprint density at radius 3 is 2.32 bits per heavy atom. The summed E-state index contributed by atoms with van der Waals surface area (Å²) in [5, 5.41) is 12.4. The van der Waals surface area contributed by atoms with E-state index in [0.29, 0.717) is 17.2 Å². The van der Waals surface area contributed by atoms with Gasteiger partial charge < -0.3 is 24.8 Å². The number of aromatic hydroxyl groups is 1. The molecule has 0 aromatic heterocycles. The summed E-state index contributed by atoms with van der Waals surface area (Å²) in [4.78, 5) is 17.2. The summed E-state index contributed by atoms with van der Waals surface area (Å²) in [7, 11) is 3.16. The van der Waals surface area contributed by atoms with Crippen LogP contribution in [0.4, 0.5) is 11.4 Å². The molecule has 3 rings (SSSR count). The van der Waals surface area contributed by atoms with Gasteiger partial charge in [-0.05, 0) is 43.3 Å². The Kier molecular flexibility index (Phi) is 6.26. The number of hydrogen-bond acceptors (Lipinski definition) is 6. The molecule has 1 heterocycles. The molecule has 0 bridgehead atoms. The summed E-state index contributed by atoms with van der Waals surface area (Å²) in [5.41, 5.74) is 1.68. The molecule has 1 atom stereocenters. The predicted molar refractivity (Wildman–Crippen MR) is 110 cm³/mol. The summed E-state index contributed by atoms with van der Waals surface area (Å²) in [6.45, 7) is 5.13. The van der Waals surface area contributed by atoms with E-state index in [1.54, 1.807) is 44.6 Å². The molecule has 1 fully saturated rings. The molecule has 1 saturated heterocycles. The molecule has 1 aliphatic heterocycles. The lowest BCUT2D eigenvalue weighted by atomic mass is 10.2. The van der Waals surface area contributed by atoms with Crippen molar-refractivity contribution >= 4 is 17.3 Å². The highest BCUT2D eigenvalue weighted by molar-refractivity contribution is 5.96. The van der Waals surface area contributed by atoms with Crippen molar-refractivity contribution in [2.45, 2.75) is 13.0 Å². The normalized spacial score (nSPS) is 15.8. The van der Waals surface area contributed by atoms with E-state index in [1.165, 1.54) is 0 Å². The van der Waals surface area contributed by atoms with Crippen LogP contribution < -0.4 is 19.7 Å². The van der Waals surface area contributed by atoms with Crippen LogP contribution in [0, 0.1) is 0 Å². The molecular weight excluding hydrogens is 358 g/mol. The number of ether oxygens (including phenoxy) is 2. The molecular formula is C21H27N3O4. The zero-order chi connectivity index (χ0) is 20.1. The third kappa shape index (κ3) is 4.48. The number of phenols is 1. The maximum atomic E-state index is 12.8. The summed E-state index contributed by atoms with van der Waals surface area (Å²) < 4.78 is 10.6. The summed E-state index contributed by atoms with van der Waals surface area (Å²) in [6, 6.07) is 12.3. The van der Waals surface area contributed by atoms with Crippen molar-refractivity contribution in [2.75, 3.05) is 50.6 Å². The largest absolute Gasteiger partial charge is 0.508 e. The Morgan fingerprint density at radius 1 is 1.04 bits per heavy atom. The zero-order valence-corrected chi connectivity index (χ0v) is 16.5. The first-order valence-corrected chi connectivity index (χ1v) is 9.32. The fourth-order valence-corrected chi connectivity index (χ4v) is 3.35. The molecule has 1 amide bonds. The number of nitrogens with zero attached hydrogens (tertiary/aromatic N) is 2. The fraction of sp³-hybridized carbons (Fsp3) is 0.381. The van der Waals surface area contributed by atoms with Crippen LogP contribution in [0.25, 0.3) is 0 Å². The van der Waals surface area contributed by atoms with E-state index >= 15 is 0 Å². The van der Waals surface area contributed by atoms with Gasteiger partial charge in [-0.15, -0.1) is 0 Å². The quantitative estimate of drug-likeness (QED) is 0.796. The van der Waals surface area contributed by atoms with Crippen molar-refractivity contribution in [3.05, 3.63) is 42.5 Å². The van der Waals surface area contributed by atoms with Crippen LogP contribution in [0.15, 0.2) is 42.5 Å². The predicted octanol–water partition coefficient (Wildman–Crippen LogP) is 2.56. The van der Waals surface area contributed by atoms with Crippen molar-refractivity contribution < 1.29 is 19.4 Å². The molecule has 2 aromatic rings.